The summed E-state index contributed by atoms with van der Waals surface area (Å²) >= 11 is 0. The molecule has 0 fully saturated rings. The summed E-state index contributed by atoms with van der Waals surface area (Å²) in [7, 11) is 0. The third-order valence-corrected chi connectivity index (χ3v) is 9.01. The molecular formula is C46H62O4. The standard InChI is InChI=1S/C46H62O4/c1-43(2,3)35-25-36(44(4,5)6)28-41(27-35)49-31-33-15-19-39(20-16-33)47-23-13-14-24-48-40-21-17-34(18-22-40)32-50-42-29-37(45(7,8)9)26-38(30-42)46(10,11)12/h15-22,25-30H,13-14,23-24,31-32H2,1-12H3. The molecule has 4 aromatic carbocycles. The van der Waals surface area contributed by atoms with Crippen molar-refractivity contribution in [1.29, 1.82) is 0 Å². The van der Waals surface area contributed by atoms with Gasteiger partial charge in [-0.3, -0.25) is 0 Å². The van der Waals surface area contributed by atoms with Crippen LogP contribution in [-0.4, -0.2) is 13.2 Å². The Morgan fingerprint density at radius 2 is 0.620 bits per heavy atom. The molecule has 0 bridgehead atoms. The third kappa shape index (κ3) is 11.9. The topological polar surface area (TPSA) is 36.9 Å². The minimum atomic E-state index is 0.0590. The van der Waals surface area contributed by atoms with Crippen LogP contribution in [0.3, 0.4) is 0 Å². The molecular weight excluding hydrogens is 617 g/mol. The van der Waals surface area contributed by atoms with Crippen LogP contribution in [0, 0.1) is 0 Å². The van der Waals surface area contributed by atoms with Gasteiger partial charge in [0.2, 0.25) is 0 Å². The molecule has 0 saturated carbocycles. The summed E-state index contributed by atoms with van der Waals surface area (Å²) in [4.78, 5) is 0. The third-order valence-electron chi connectivity index (χ3n) is 9.01. The van der Waals surface area contributed by atoms with Crippen molar-refractivity contribution in [2.45, 2.75) is 131 Å². The molecule has 50 heavy (non-hydrogen) atoms. The second-order valence-electron chi connectivity index (χ2n) is 17.8. The zero-order valence-corrected chi connectivity index (χ0v) is 33.0. The maximum absolute atomic E-state index is 6.27. The van der Waals surface area contributed by atoms with Crippen LogP contribution in [0.1, 0.15) is 129 Å². The van der Waals surface area contributed by atoms with E-state index in [-0.39, 0.29) is 21.7 Å². The molecule has 0 aliphatic rings. The maximum atomic E-state index is 6.27. The van der Waals surface area contributed by atoms with E-state index in [0.29, 0.717) is 26.4 Å². The fraction of sp³-hybridized carbons (Fsp3) is 0.478. The zero-order valence-electron chi connectivity index (χ0n) is 33.0. The van der Waals surface area contributed by atoms with Crippen molar-refractivity contribution in [3.8, 4) is 23.0 Å². The normalized spacial score (nSPS) is 12.5. The van der Waals surface area contributed by atoms with Crippen LogP contribution in [0.5, 0.6) is 23.0 Å². The van der Waals surface area contributed by atoms with Gasteiger partial charge in [0.25, 0.3) is 0 Å². The largest absolute Gasteiger partial charge is 0.494 e. The average Bonchev–Trinajstić information content (AvgIpc) is 3.03. The van der Waals surface area contributed by atoms with Gasteiger partial charge in [0, 0.05) is 0 Å². The van der Waals surface area contributed by atoms with E-state index in [1.807, 2.05) is 24.3 Å². The monoisotopic (exact) mass is 678 g/mol. The van der Waals surface area contributed by atoms with Crippen LogP contribution in [0.4, 0.5) is 0 Å². The lowest BCUT2D eigenvalue weighted by molar-refractivity contribution is 0.266. The molecule has 0 spiro atoms. The van der Waals surface area contributed by atoms with E-state index < -0.39 is 0 Å². The maximum Gasteiger partial charge on any atom is 0.120 e. The van der Waals surface area contributed by atoms with E-state index >= 15 is 0 Å². The van der Waals surface area contributed by atoms with Gasteiger partial charge in [-0.25, -0.2) is 0 Å². The molecule has 0 aromatic heterocycles. The number of benzene rings is 4. The Kier molecular flexibility index (Phi) is 12.4. The highest BCUT2D eigenvalue weighted by Gasteiger charge is 2.22. The molecule has 0 unspecified atom stereocenters. The molecule has 0 radical (unpaired) electrons. The molecule has 0 amide bonds. The number of ether oxygens (including phenoxy) is 4. The van der Waals surface area contributed by atoms with Gasteiger partial charge < -0.3 is 18.9 Å². The summed E-state index contributed by atoms with van der Waals surface area (Å²) in [5.74, 6) is 3.58. The lowest BCUT2D eigenvalue weighted by Crippen LogP contribution is -2.16. The predicted octanol–water partition coefficient (Wildman–Crippen LogP) is 12.3. The smallest absolute Gasteiger partial charge is 0.120 e. The lowest BCUT2D eigenvalue weighted by Gasteiger charge is -2.26. The molecule has 0 saturated heterocycles. The Balaban J connectivity index is 1.17. The molecule has 0 N–H and O–H groups in total. The fourth-order valence-corrected chi connectivity index (χ4v) is 5.38. The summed E-state index contributed by atoms with van der Waals surface area (Å²) in [5, 5.41) is 0. The Labute approximate surface area is 303 Å². The molecule has 0 atom stereocenters. The van der Waals surface area contributed by atoms with Crippen LogP contribution in [0.2, 0.25) is 0 Å². The minimum Gasteiger partial charge on any atom is -0.494 e. The molecule has 4 rings (SSSR count). The van der Waals surface area contributed by atoms with Crippen molar-refractivity contribution >= 4 is 0 Å². The molecule has 0 heterocycles. The Hall–Kier alpha value is -3.92. The molecule has 4 aromatic rings. The Bertz CT molecular complexity index is 1460. The van der Waals surface area contributed by atoms with Gasteiger partial charge in [-0.05, 0) is 116 Å². The van der Waals surface area contributed by atoms with E-state index in [4.69, 9.17) is 18.9 Å². The first kappa shape index (κ1) is 38.9. The van der Waals surface area contributed by atoms with E-state index in [1.54, 1.807) is 0 Å². The van der Waals surface area contributed by atoms with Crippen LogP contribution >= 0.6 is 0 Å². The first-order chi connectivity index (χ1) is 23.3. The highest BCUT2D eigenvalue weighted by atomic mass is 16.5. The number of hydrogen-bond donors (Lipinski definition) is 0. The van der Waals surface area contributed by atoms with Crippen molar-refractivity contribution < 1.29 is 18.9 Å². The zero-order chi connectivity index (χ0) is 36.7. The van der Waals surface area contributed by atoms with Gasteiger partial charge in [-0.15, -0.1) is 0 Å². The van der Waals surface area contributed by atoms with E-state index in [9.17, 15) is 0 Å². The summed E-state index contributed by atoms with van der Waals surface area (Å²) in [6.07, 6.45) is 1.84. The first-order valence-corrected chi connectivity index (χ1v) is 18.3. The van der Waals surface area contributed by atoms with Crippen molar-refractivity contribution in [2.75, 3.05) is 13.2 Å². The molecule has 4 heteroatoms. The molecule has 0 aliphatic heterocycles. The van der Waals surface area contributed by atoms with E-state index in [0.717, 1.165) is 47.0 Å². The fourth-order valence-electron chi connectivity index (χ4n) is 5.38. The lowest BCUT2D eigenvalue weighted by atomic mass is 9.80. The van der Waals surface area contributed by atoms with Gasteiger partial charge in [0.05, 0.1) is 13.2 Å². The summed E-state index contributed by atoms with van der Waals surface area (Å²) in [6.45, 7) is 29.3. The molecule has 4 nitrogen and oxygen atoms in total. The Morgan fingerprint density at radius 3 is 0.880 bits per heavy atom. The van der Waals surface area contributed by atoms with Crippen molar-refractivity contribution in [1.82, 2.24) is 0 Å². The summed E-state index contributed by atoms with van der Waals surface area (Å²) in [6, 6.07) is 29.8. The van der Waals surface area contributed by atoms with Crippen LogP contribution in [-0.2, 0) is 34.9 Å². The van der Waals surface area contributed by atoms with E-state index in [1.165, 1.54) is 22.3 Å². The highest BCUT2D eigenvalue weighted by molar-refractivity contribution is 5.42. The van der Waals surface area contributed by atoms with Gasteiger partial charge in [0.1, 0.15) is 36.2 Å². The van der Waals surface area contributed by atoms with Crippen molar-refractivity contribution in [3.05, 3.63) is 118 Å². The first-order valence-electron chi connectivity index (χ1n) is 18.3. The van der Waals surface area contributed by atoms with Gasteiger partial charge in [-0.1, -0.05) is 119 Å². The van der Waals surface area contributed by atoms with Crippen molar-refractivity contribution in [2.24, 2.45) is 0 Å². The molecule has 0 aliphatic carbocycles. The highest BCUT2D eigenvalue weighted by Crippen LogP contribution is 2.35. The van der Waals surface area contributed by atoms with Gasteiger partial charge in [0.15, 0.2) is 0 Å². The Morgan fingerprint density at radius 1 is 0.340 bits per heavy atom. The number of hydrogen-bond acceptors (Lipinski definition) is 4. The van der Waals surface area contributed by atoms with E-state index in [2.05, 4.69) is 144 Å². The average molecular weight is 679 g/mol. The van der Waals surface area contributed by atoms with Gasteiger partial charge >= 0.3 is 0 Å². The minimum absolute atomic E-state index is 0.0590. The number of rotatable bonds is 13. The predicted molar refractivity (Wildman–Crippen MR) is 209 cm³/mol. The van der Waals surface area contributed by atoms with Crippen LogP contribution in [0.15, 0.2) is 84.9 Å². The van der Waals surface area contributed by atoms with Crippen LogP contribution < -0.4 is 18.9 Å². The summed E-state index contributed by atoms with van der Waals surface area (Å²) in [5.41, 5.74) is 7.64. The quantitative estimate of drug-likeness (QED) is 0.132. The summed E-state index contributed by atoms with van der Waals surface area (Å²) < 4.78 is 24.5. The second kappa shape index (κ2) is 16.0. The SMILES string of the molecule is CC(C)(C)c1cc(OCc2ccc(OCCCCOc3ccc(COc4cc(C(C)(C)C)cc(C(C)(C)C)c4)cc3)cc2)cc(C(C)(C)C)c1. The van der Waals surface area contributed by atoms with Crippen molar-refractivity contribution in [3.63, 3.8) is 0 Å². The molecule has 270 valence electrons. The second-order valence-corrected chi connectivity index (χ2v) is 17.8. The van der Waals surface area contributed by atoms with Crippen LogP contribution in [0.25, 0.3) is 0 Å². The van der Waals surface area contributed by atoms with Gasteiger partial charge in [-0.2, -0.15) is 0 Å². The number of unbranched alkanes of at least 4 members (excludes halogenated alkanes) is 1.